The number of nitrogens with one attached hydrogen (secondary N) is 1. The molecule has 2 aromatic heterocycles. The fourth-order valence-corrected chi connectivity index (χ4v) is 3.60. The van der Waals surface area contributed by atoms with Gasteiger partial charge in [0.05, 0.1) is 10.4 Å². The average Bonchev–Trinajstić information content (AvgIpc) is 3.02. The van der Waals surface area contributed by atoms with Crippen molar-refractivity contribution in [2.75, 3.05) is 0 Å². The number of hydrogen-bond donors (Lipinski definition) is 1. The number of amides is 1. The van der Waals surface area contributed by atoms with Crippen LogP contribution in [0, 0.1) is 6.92 Å². The van der Waals surface area contributed by atoms with Gasteiger partial charge in [-0.25, -0.2) is 4.98 Å². The third kappa shape index (κ3) is 2.88. The normalized spacial score (nSPS) is 11.0. The summed E-state index contributed by atoms with van der Waals surface area (Å²) < 4.78 is 0. The van der Waals surface area contributed by atoms with E-state index in [1.165, 1.54) is 16.9 Å². The number of hydrogen-bond acceptors (Lipinski definition) is 3. The lowest BCUT2D eigenvalue weighted by Gasteiger charge is -2.04. The van der Waals surface area contributed by atoms with Crippen molar-refractivity contribution < 1.29 is 4.79 Å². The van der Waals surface area contributed by atoms with Gasteiger partial charge >= 0.3 is 0 Å². The Labute approximate surface area is 144 Å². The molecule has 0 unspecified atom stereocenters. The first-order chi connectivity index (χ1) is 11.7. The molecule has 2 heterocycles. The predicted molar refractivity (Wildman–Crippen MR) is 99.5 cm³/mol. The van der Waals surface area contributed by atoms with E-state index in [9.17, 15) is 4.79 Å². The van der Waals surface area contributed by atoms with Gasteiger partial charge in [0.2, 0.25) is 0 Å². The van der Waals surface area contributed by atoms with Crippen LogP contribution in [-0.4, -0.2) is 10.9 Å². The lowest BCUT2D eigenvalue weighted by Crippen LogP contribution is -2.21. The Morgan fingerprint density at radius 1 is 1.04 bits per heavy atom. The van der Waals surface area contributed by atoms with E-state index in [0.717, 1.165) is 26.7 Å². The van der Waals surface area contributed by atoms with Crippen molar-refractivity contribution in [3.63, 3.8) is 0 Å². The largest absolute Gasteiger partial charge is 0.347 e. The Morgan fingerprint density at radius 2 is 1.83 bits per heavy atom. The fourth-order valence-electron chi connectivity index (χ4n) is 2.66. The molecule has 4 rings (SSSR count). The summed E-state index contributed by atoms with van der Waals surface area (Å²) in [4.78, 5) is 18.7. The smallest absolute Gasteiger partial charge is 0.261 e. The van der Waals surface area contributed by atoms with Crippen LogP contribution in [0.2, 0.25) is 0 Å². The minimum Gasteiger partial charge on any atom is -0.347 e. The van der Waals surface area contributed by atoms with Crippen LogP contribution < -0.4 is 5.32 Å². The summed E-state index contributed by atoms with van der Waals surface area (Å²) in [5.41, 5.74) is 3.27. The lowest BCUT2D eigenvalue weighted by molar-refractivity contribution is 0.0955. The molecule has 0 saturated carbocycles. The molecule has 24 heavy (non-hydrogen) atoms. The number of aromatic nitrogens is 1. The first-order valence-corrected chi connectivity index (χ1v) is 8.64. The van der Waals surface area contributed by atoms with Gasteiger partial charge in [-0.05, 0) is 30.7 Å². The number of fused-ring (bicyclic) bond motifs is 2. The highest BCUT2D eigenvalue weighted by Gasteiger charge is 2.11. The van der Waals surface area contributed by atoms with Gasteiger partial charge in [0.25, 0.3) is 5.91 Å². The lowest BCUT2D eigenvalue weighted by atomic mass is 10.1. The third-order valence-electron chi connectivity index (χ3n) is 4.01. The average molecular weight is 332 g/mol. The highest BCUT2D eigenvalue weighted by atomic mass is 32.1. The van der Waals surface area contributed by atoms with Gasteiger partial charge < -0.3 is 5.32 Å². The summed E-state index contributed by atoms with van der Waals surface area (Å²) in [6.45, 7) is 2.58. The summed E-state index contributed by atoms with van der Waals surface area (Å²) in [5, 5.41) is 5.09. The van der Waals surface area contributed by atoms with Crippen LogP contribution in [0.3, 0.4) is 0 Å². The van der Waals surface area contributed by atoms with E-state index in [0.29, 0.717) is 11.4 Å². The minimum atomic E-state index is -0.0531. The molecule has 0 fully saturated rings. The molecule has 0 atom stereocenters. The number of carbonyl (C=O) groups is 1. The molecular weight excluding hydrogens is 316 g/mol. The molecule has 0 bridgehead atoms. The number of carbonyl (C=O) groups excluding carboxylic acids is 1. The fraction of sp³-hybridized carbons (Fsp3) is 0.100. The quantitative estimate of drug-likeness (QED) is 0.591. The maximum Gasteiger partial charge on any atom is 0.261 e. The zero-order valence-electron chi connectivity index (χ0n) is 13.2. The van der Waals surface area contributed by atoms with Gasteiger partial charge in [-0.1, -0.05) is 48.0 Å². The molecule has 0 spiro atoms. The van der Waals surface area contributed by atoms with Crippen LogP contribution in [0.4, 0.5) is 0 Å². The second-order valence-corrected chi connectivity index (χ2v) is 6.89. The molecule has 0 saturated heterocycles. The maximum absolute atomic E-state index is 12.4. The number of rotatable bonds is 3. The standard InChI is InChI=1S/C20H16N2OS/c1-13-6-8-14(9-7-13)12-21-19(23)18-11-16-10-15-4-2-3-5-17(15)22-20(16)24-18/h2-11H,12H2,1H3,(H,21,23). The van der Waals surface area contributed by atoms with Crippen LogP contribution in [0.15, 0.2) is 60.7 Å². The van der Waals surface area contributed by atoms with Crippen LogP contribution in [0.5, 0.6) is 0 Å². The Bertz CT molecular complexity index is 982. The number of thiophene rings is 1. The highest BCUT2D eigenvalue weighted by molar-refractivity contribution is 7.20. The van der Waals surface area contributed by atoms with Crippen LogP contribution in [0.25, 0.3) is 21.1 Å². The zero-order chi connectivity index (χ0) is 16.5. The number of benzene rings is 2. The molecule has 1 N–H and O–H groups in total. The van der Waals surface area contributed by atoms with Gasteiger partial charge in [-0.3, -0.25) is 4.79 Å². The van der Waals surface area contributed by atoms with Gasteiger partial charge in [-0.15, -0.1) is 11.3 Å². The van der Waals surface area contributed by atoms with Gasteiger partial charge in [-0.2, -0.15) is 0 Å². The van der Waals surface area contributed by atoms with E-state index in [1.54, 1.807) is 0 Å². The van der Waals surface area contributed by atoms with Crippen molar-refractivity contribution in [1.29, 1.82) is 0 Å². The van der Waals surface area contributed by atoms with E-state index in [4.69, 9.17) is 0 Å². The molecule has 1 amide bonds. The van der Waals surface area contributed by atoms with Crippen molar-refractivity contribution in [2.45, 2.75) is 13.5 Å². The second kappa shape index (κ2) is 6.06. The first kappa shape index (κ1) is 14.8. The maximum atomic E-state index is 12.4. The van der Waals surface area contributed by atoms with Crippen molar-refractivity contribution in [2.24, 2.45) is 0 Å². The topological polar surface area (TPSA) is 42.0 Å². The van der Waals surface area contributed by atoms with Crippen molar-refractivity contribution in [3.8, 4) is 0 Å². The second-order valence-electron chi connectivity index (χ2n) is 5.85. The minimum absolute atomic E-state index is 0.0531. The van der Waals surface area contributed by atoms with Gasteiger partial charge in [0.1, 0.15) is 4.83 Å². The van der Waals surface area contributed by atoms with E-state index < -0.39 is 0 Å². The van der Waals surface area contributed by atoms with Crippen molar-refractivity contribution >= 4 is 38.4 Å². The predicted octanol–water partition coefficient (Wildman–Crippen LogP) is 4.69. The number of para-hydroxylation sites is 1. The van der Waals surface area contributed by atoms with Crippen molar-refractivity contribution in [1.82, 2.24) is 10.3 Å². The molecular formula is C20H16N2OS. The Morgan fingerprint density at radius 3 is 2.67 bits per heavy atom. The van der Waals surface area contributed by atoms with Crippen LogP contribution in [-0.2, 0) is 6.54 Å². The Balaban J connectivity index is 1.57. The molecule has 0 aliphatic heterocycles. The van der Waals surface area contributed by atoms with E-state index in [1.807, 2.05) is 42.5 Å². The molecule has 2 aromatic carbocycles. The summed E-state index contributed by atoms with van der Waals surface area (Å²) in [5.74, 6) is -0.0531. The first-order valence-electron chi connectivity index (χ1n) is 7.82. The summed E-state index contributed by atoms with van der Waals surface area (Å²) >= 11 is 1.43. The summed E-state index contributed by atoms with van der Waals surface area (Å²) in [7, 11) is 0. The Hall–Kier alpha value is -2.72. The SMILES string of the molecule is Cc1ccc(CNC(=O)c2cc3cc4ccccc4nc3s2)cc1. The van der Waals surface area contributed by atoms with E-state index in [-0.39, 0.29) is 5.91 Å². The molecule has 0 radical (unpaired) electrons. The molecule has 4 aromatic rings. The highest BCUT2D eigenvalue weighted by Crippen LogP contribution is 2.27. The number of aryl methyl sites for hydroxylation is 1. The monoisotopic (exact) mass is 332 g/mol. The molecule has 3 nitrogen and oxygen atoms in total. The number of pyridine rings is 1. The van der Waals surface area contributed by atoms with Crippen LogP contribution in [0.1, 0.15) is 20.8 Å². The molecule has 0 aliphatic carbocycles. The summed E-state index contributed by atoms with van der Waals surface area (Å²) in [6.07, 6.45) is 0. The van der Waals surface area contributed by atoms with E-state index >= 15 is 0 Å². The third-order valence-corrected chi connectivity index (χ3v) is 5.05. The molecule has 4 heteroatoms. The molecule has 0 aliphatic rings. The Kier molecular flexibility index (Phi) is 3.75. The number of nitrogens with zero attached hydrogens (tertiary/aromatic N) is 1. The summed E-state index contributed by atoms with van der Waals surface area (Å²) in [6, 6.07) is 20.2. The van der Waals surface area contributed by atoms with Gasteiger partial charge in [0, 0.05) is 17.3 Å². The molecule has 118 valence electrons. The van der Waals surface area contributed by atoms with Gasteiger partial charge in [0.15, 0.2) is 0 Å². The van der Waals surface area contributed by atoms with Crippen LogP contribution >= 0.6 is 11.3 Å². The zero-order valence-corrected chi connectivity index (χ0v) is 14.1. The van der Waals surface area contributed by atoms with E-state index in [2.05, 4.69) is 35.4 Å². The van der Waals surface area contributed by atoms with Crippen molar-refractivity contribution in [3.05, 3.63) is 76.7 Å².